The minimum absolute atomic E-state index is 0.0889. The standard InChI is InChI=1S/C13H12N2O5S/c1-14-11(17)6-2-3-9-8(4-6)15-12(20-9)7(13(18)19)5-10(16)21/h2-4,7H,5H2,1H3,(H,14,17)(H,16,21)(H,18,19). The second-order valence-electron chi connectivity index (χ2n) is 4.30. The van der Waals surface area contributed by atoms with Crippen LogP contribution in [0.15, 0.2) is 22.6 Å². The fraction of sp³-hybridized carbons (Fsp3) is 0.231. The van der Waals surface area contributed by atoms with E-state index in [2.05, 4.69) is 22.9 Å². The van der Waals surface area contributed by atoms with Crippen molar-refractivity contribution < 1.29 is 23.9 Å². The molecule has 1 aromatic heterocycles. The Kier molecular flexibility index (Phi) is 4.27. The summed E-state index contributed by atoms with van der Waals surface area (Å²) >= 11 is 3.58. The van der Waals surface area contributed by atoms with Crippen LogP contribution in [0.5, 0.6) is 0 Å². The van der Waals surface area contributed by atoms with Gasteiger partial charge in [-0.1, -0.05) is 0 Å². The average molecular weight is 308 g/mol. The van der Waals surface area contributed by atoms with Crippen LogP contribution in [-0.4, -0.2) is 34.1 Å². The van der Waals surface area contributed by atoms with Crippen LogP contribution in [0.1, 0.15) is 28.6 Å². The molecule has 110 valence electrons. The molecule has 1 atom stereocenters. The fourth-order valence-corrected chi connectivity index (χ4v) is 2.02. The van der Waals surface area contributed by atoms with Gasteiger partial charge in [0.1, 0.15) is 11.4 Å². The highest BCUT2D eigenvalue weighted by atomic mass is 32.1. The third-order valence-electron chi connectivity index (χ3n) is 2.87. The highest BCUT2D eigenvalue weighted by Gasteiger charge is 2.27. The number of benzene rings is 1. The number of carbonyl (C=O) groups is 3. The molecule has 1 aromatic carbocycles. The third-order valence-corrected chi connectivity index (χ3v) is 3.05. The molecule has 0 fully saturated rings. The fourth-order valence-electron chi connectivity index (χ4n) is 1.83. The number of thiol groups is 1. The van der Waals surface area contributed by atoms with E-state index in [-0.39, 0.29) is 18.2 Å². The molecule has 1 amide bonds. The van der Waals surface area contributed by atoms with E-state index < -0.39 is 17.0 Å². The van der Waals surface area contributed by atoms with Gasteiger partial charge in [0.05, 0.1) is 0 Å². The summed E-state index contributed by atoms with van der Waals surface area (Å²) in [5, 5.41) is 11.0. The van der Waals surface area contributed by atoms with E-state index in [0.717, 1.165) is 0 Å². The lowest BCUT2D eigenvalue weighted by atomic mass is 10.1. The number of hydrogen-bond acceptors (Lipinski definition) is 5. The lowest BCUT2D eigenvalue weighted by Crippen LogP contribution is -2.17. The maximum Gasteiger partial charge on any atom is 0.316 e. The van der Waals surface area contributed by atoms with Gasteiger partial charge in [0.2, 0.25) is 5.89 Å². The number of nitrogens with one attached hydrogen (secondary N) is 1. The Bertz CT molecular complexity index is 724. The Morgan fingerprint density at radius 3 is 2.71 bits per heavy atom. The van der Waals surface area contributed by atoms with Gasteiger partial charge in [0.15, 0.2) is 10.7 Å². The first kappa shape index (κ1) is 15.0. The van der Waals surface area contributed by atoms with E-state index >= 15 is 0 Å². The number of carboxylic acids is 1. The molecule has 0 aliphatic rings. The first-order chi connectivity index (χ1) is 9.92. The Balaban J connectivity index is 2.43. The molecule has 1 heterocycles. The van der Waals surface area contributed by atoms with Crippen molar-refractivity contribution in [1.82, 2.24) is 10.3 Å². The average Bonchev–Trinajstić information content (AvgIpc) is 2.85. The predicted octanol–water partition coefficient (Wildman–Crippen LogP) is 1.20. The zero-order valence-electron chi connectivity index (χ0n) is 11.0. The topological polar surface area (TPSA) is 110 Å². The molecule has 0 saturated carbocycles. The summed E-state index contributed by atoms with van der Waals surface area (Å²) in [4.78, 5) is 37.8. The van der Waals surface area contributed by atoms with Crippen LogP contribution < -0.4 is 5.32 Å². The Morgan fingerprint density at radius 1 is 1.43 bits per heavy atom. The lowest BCUT2D eigenvalue weighted by Gasteiger charge is -2.04. The number of carbonyl (C=O) groups excluding carboxylic acids is 2. The molecule has 0 radical (unpaired) electrons. The summed E-state index contributed by atoms with van der Waals surface area (Å²) in [6, 6.07) is 4.55. The molecular formula is C13H12N2O5S. The molecule has 1 unspecified atom stereocenters. The number of aromatic nitrogens is 1. The van der Waals surface area contributed by atoms with Crippen molar-refractivity contribution in [3.63, 3.8) is 0 Å². The predicted molar refractivity (Wildman–Crippen MR) is 76.4 cm³/mol. The van der Waals surface area contributed by atoms with Gasteiger partial charge in [-0.2, -0.15) is 0 Å². The second-order valence-corrected chi connectivity index (χ2v) is 4.80. The maximum absolute atomic E-state index is 11.5. The van der Waals surface area contributed by atoms with Crippen LogP contribution in [0.3, 0.4) is 0 Å². The zero-order chi connectivity index (χ0) is 15.6. The maximum atomic E-state index is 11.5. The Labute approximate surface area is 124 Å². The monoisotopic (exact) mass is 308 g/mol. The van der Waals surface area contributed by atoms with Crippen LogP contribution in [0, 0.1) is 0 Å². The summed E-state index contributed by atoms with van der Waals surface area (Å²) < 4.78 is 5.35. The van der Waals surface area contributed by atoms with Crippen molar-refractivity contribution in [2.75, 3.05) is 7.05 Å². The number of rotatable bonds is 5. The van der Waals surface area contributed by atoms with E-state index in [1.807, 2.05) is 0 Å². The van der Waals surface area contributed by atoms with Crippen molar-refractivity contribution >= 4 is 40.7 Å². The number of hydrogen-bond donors (Lipinski definition) is 3. The van der Waals surface area contributed by atoms with Crippen molar-refractivity contribution in [2.24, 2.45) is 0 Å². The minimum Gasteiger partial charge on any atom is -0.481 e. The second kappa shape index (κ2) is 5.96. The van der Waals surface area contributed by atoms with E-state index in [1.165, 1.54) is 25.2 Å². The van der Waals surface area contributed by atoms with Gasteiger partial charge in [-0.05, 0) is 18.2 Å². The molecule has 0 spiro atoms. The molecule has 0 bridgehead atoms. The van der Waals surface area contributed by atoms with Gasteiger partial charge >= 0.3 is 5.97 Å². The number of aliphatic carboxylic acids is 1. The van der Waals surface area contributed by atoms with Gasteiger partial charge in [-0.25, -0.2) is 4.98 Å². The number of oxazole rings is 1. The van der Waals surface area contributed by atoms with Crippen molar-refractivity contribution in [3.8, 4) is 0 Å². The summed E-state index contributed by atoms with van der Waals surface area (Å²) in [5.41, 5.74) is 1.07. The van der Waals surface area contributed by atoms with Crippen molar-refractivity contribution in [2.45, 2.75) is 12.3 Å². The van der Waals surface area contributed by atoms with E-state index in [1.54, 1.807) is 0 Å². The van der Waals surface area contributed by atoms with E-state index in [4.69, 9.17) is 9.52 Å². The molecule has 2 aromatic rings. The lowest BCUT2D eigenvalue weighted by molar-refractivity contribution is -0.140. The van der Waals surface area contributed by atoms with Crippen LogP contribution >= 0.6 is 12.6 Å². The smallest absolute Gasteiger partial charge is 0.316 e. The SMILES string of the molecule is CNC(=O)c1ccc2oc(C(CC(=O)S)C(=O)O)nc2c1. The van der Waals surface area contributed by atoms with Crippen molar-refractivity contribution in [1.29, 1.82) is 0 Å². The summed E-state index contributed by atoms with van der Waals surface area (Å²) in [7, 11) is 1.50. The number of carboxylic acid groups (broad SMARTS) is 1. The molecule has 8 heteroatoms. The van der Waals surface area contributed by atoms with Gasteiger partial charge in [-0.15, -0.1) is 12.6 Å². The third kappa shape index (κ3) is 3.22. The van der Waals surface area contributed by atoms with E-state index in [0.29, 0.717) is 16.7 Å². The minimum atomic E-state index is -1.23. The molecule has 21 heavy (non-hydrogen) atoms. The highest BCUT2D eigenvalue weighted by Crippen LogP contribution is 2.25. The summed E-state index contributed by atoms with van der Waals surface area (Å²) in [6.07, 6.45) is -0.326. The van der Waals surface area contributed by atoms with Gasteiger partial charge < -0.3 is 14.8 Å². The quantitative estimate of drug-likeness (QED) is 0.716. The summed E-state index contributed by atoms with van der Waals surface area (Å²) in [6.45, 7) is 0. The van der Waals surface area contributed by atoms with E-state index in [9.17, 15) is 14.4 Å². The largest absolute Gasteiger partial charge is 0.481 e. The van der Waals surface area contributed by atoms with Crippen LogP contribution in [-0.2, 0) is 9.59 Å². The molecule has 0 saturated heterocycles. The summed E-state index contributed by atoms with van der Waals surface area (Å²) in [5.74, 6) is -2.81. The Morgan fingerprint density at radius 2 is 2.14 bits per heavy atom. The number of fused-ring (bicyclic) bond motifs is 1. The van der Waals surface area contributed by atoms with Crippen LogP contribution in [0.4, 0.5) is 0 Å². The normalized spacial score (nSPS) is 12.1. The molecule has 2 rings (SSSR count). The first-order valence-electron chi connectivity index (χ1n) is 5.99. The Hall–Kier alpha value is -2.35. The number of nitrogens with zero attached hydrogens (tertiary/aromatic N) is 1. The molecule has 0 aliphatic carbocycles. The van der Waals surface area contributed by atoms with Crippen LogP contribution in [0.2, 0.25) is 0 Å². The number of amides is 1. The molecule has 7 nitrogen and oxygen atoms in total. The molecule has 0 aliphatic heterocycles. The van der Waals surface area contributed by atoms with Gasteiger partial charge in [0, 0.05) is 19.0 Å². The van der Waals surface area contributed by atoms with Crippen molar-refractivity contribution in [3.05, 3.63) is 29.7 Å². The highest BCUT2D eigenvalue weighted by molar-refractivity contribution is 7.96. The molecular weight excluding hydrogens is 296 g/mol. The zero-order valence-corrected chi connectivity index (χ0v) is 11.9. The van der Waals surface area contributed by atoms with Gasteiger partial charge in [0.25, 0.3) is 5.91 Å². The van der Waals surface area contributed by atoms with Gasteiger partial charge in [-0.3, -0.25) is 14.4 Å². The van der Waals surface area contributed by atoms with Crippen LogP contribution in [0.25, 0.3) is 11.1 Å². The first-order valence-corrected chi connectivity index (χ1v) is 6.44. The molecule has 2 N–H and O–H groups in total.